The van der Waals surface area contributed by atoms with Crippen LogP contribution in [0.5, 0.6) is 0 Å². The molecular weight excluding hydrogens is 497 g/mol. The van der Waals surface area contributed by atoms with Crippen molar-refractivity contribution in [2.45, 2.75) is 76.9 Å². The number of carbonyl (C=O) groups excluding carboxylic acids is 2. The monoisotopic (exact) mass is 532 g/mol. The molecule has 1 aromatic carbocycles. The van der Waals surface area contributed by atoms with Crippen LogP contribution in [0, 0.1) is 5.92 Å². The van der Waals surface area contributed by atoms with Gasteiger partial charge in [-0.15, -0.1) is 0 Å². The van der Waals surface area contributed by atoms with Gasteiger partial charge in [-0.05, 0) is 46.1 Å². The number of halogens is 3. The third-order valence-corrected chi connectivity index (χ3v) is 7.12. The third kappa shape index (κ3) is 6.46. The summed E-state index contributed by atoms with van der Waals surface area (Å²) in [6.45, 7) is 9.56. The number of alkyl halides is 3. The summed E-state index contributed by atoms with van der Waals surface area (Å²) in [6, 6.07) is 6.75. The van der Waals surface area contributed by atoms with E-state index in [2.05, 4.69) is 12.7 Å². The Kier molecular flexibility index (Phi) is 9.41. The summed E-state index contributed by atoms with van der Waals surface area (Å²) >= 11 is 0. The number of methoxy groups -OCH3 is 1. The number of carbonyl (C=O) groups is 2. The summed E-state index contributed by atoms with van der Waals surface area (Å²) in [5.41, 5.74) is -0.472. The summed E-state index contributed by atoms with van der Waals surface area (Å²) < 4.78 is 59.2. The molecular formula is C30H35F3O5. The molecule has 0 amide bonds. The van der Waals surface area contributed by atoms with Crippen LogP contribution in [0.3, 0.4) is 0 Å². The van der Waals surface area contributed by atoms with E-state index in [4.69, 9.17) is 14.2 Å². The normalized spacial score (nSPS) is 29.2. The van der Waals surface area contributed by atoms with Crippen LogP contribution in [0.25, 0.3) is 0 Å². The maximum absolute atomic E-state index is 14.4. The Morgan fingerprint density at radius 3 is 2.34 bits per heavy atom. The fourth-order valence-corrected chi connectivity index (χ4v) is 4.97. The lowest BCUT2D eigenvalue weighted by atomic mass is 9.88. The fourth-order valence-electron chi connectivity index (χ4n) is 4.97. The second-order valence-electron chi connectivity index (χ2n) is 10.1. The van der Waals surface area contributed by atoms with E-state index in [9.17, 15) is 22.8 Å². The number of esters is 2. The highest BCUT2D eigenvalue weighted by Gasteiger charge is 2.64. The van der Waals surface area contributed by atoms with Crippen LogP contribution in [-0.2, 0) is 29.4 Å². The Labute approximate surface area is 222 Å². The zero-order valence-electron chi connectivity index (χ0n) is 22.3. The van der Waals surface area contributed by atoms with Gasteiger partial charge < -0.3 is 14.2 Å². The average Bonchev–Trinajstić information content (AvgIpc) is 3.09. The van der Waals surface area contributed by atoms with Crippen molar-refractivity contribution < 1.29 is 37.0 Å². The summed E-state index contributed by atoms with van der Waals surface area (Å²) in [6.07, 6.45) is 1.88. The maximum atomic E-state index is 14.4. The molecule has 1 aliphatic heterocycles. The Balaban J connectivity index is 1.98. The molecule has 3 rings (SSSR count). The molecule has 0 radical (unpaired) electrons. The first-order chi connectivity index (χ1) is 17.9. The molecule has 2 aliphatic rings. The van der Waals surface area contributed by atoms with Crippen molar-refractivity contribution in [2.75, 3.05) is 7.11 Å². The van der Waals surface area contributed by atoms with Crippen LogP contribution in [0.1, 0.15) is 58.4 Å². The van der Waals surface area contributed by atoms with Crippen molar-refractivity contribution in [2.24, 2.45) is 5.92 Å². The quantitative estimate of drug-likeness (QED) is 0.240. The first-order valence-electron chi connectivity index (χ1n) is 12.7. The minimum Gasteiger partial charge on any atom is -0.458 e. The Morgan fingerprint density at radius 1 is 1.03 bits per heavy atom. The van der Waals surface area contributed by atoms with Crippen LogP contribution in [0.4, 0.5) is 13.2 Å². The molecule has 0 bridgehead atoms. The first-order valence-corrected chi connectivity index (χ1v) is 12.7. The van der Waals surface area contributed by atoms with Crippen LogP contribution >= 0.6 is 0 Å². The number of allylic oxidation sites excluding steroid dienone is 3. The second-order valence-corrected chi connectivity index (χ2v) is 10.1. The highest BCUT2D eigenvalue weighted by atomic mass is 19.4. The molecule has 4 atom stereocenters. The Hall–Kier alpha value is -3.13. The molecule has 38 heavy (non-hydrogen) atoms. The van der Waals surface area contributed by atoms with Crippen molar-refractivity contribution >= 4 is 11.9 Å². The van der Waals surface area contributed by atoms with Gasteiger partial charge in [-0.1, -0.05) is 65.8 Å². The van der Waals surface area contributed by atoms with Crippen LogP contribution in [0.2, 0.25) is 0 Å². The number of fused-ring (bicyclic) bond motifs is 1. The van der Waals surface area contributed by atoms with E-state index in [0.29, 0.717) is 18.4 Å². The molecule has 0 saturated carbocycles. The summed E-state index contributed by atoms with van der Waals surface area (Å²) in [5, 5.41) is 0. The lowest BCUT2D eigenvalue weighted by Crippen LogP contribution is -2.52. The minimum atomic E-state index is -5.07. The van der Waals surface area contributed by atoms with E-state index in [1.54, 1.807) is 19.1 Å². The Bertz CT molecular complexity index is 1130. The van der Waals surface area contributed by atoms with Crippen molar-refractivity contribution in [1.29, 1.82) is 0 Å². The van der Waals surface area contributed by atoms with E-state index in [1.807, 2.05) is 19.9 Å². The smallest absolute Gasteiger partial charge is 0.432 e. The van der Waals surface area contributed by atoms with Gasteiger partial charge in [0.15, 0.2) is 0 Å². The standard InChI is InChI=1S/C30H35F3O5/c1-19-10-9-11-20(2)16-24(17-21(3)18-26-25(15-14-19)22(4)27(34)38-26)37-28(35)29(36-5,30(31,32)33)23-12-7-6-8-13-23/h6-8,11-14,17,24-26H,4,9-10,15-16,18H2,1-3,5H3/b19-14+,20-11+,21-17+/t24-,25+,26-,29+/m0/s1. The molecule has 0 N–H and O–H groups in total. The third-order valence-electron chi connectivity index (χ3n) is 7.12. The predicted octanol–water partition coefficient (Wildman–Crippen LogP) is 6.90. The fraction of sp³-hybridized carbons (Fsp3) is 0.467. The molecule has 0 aromatic heterocycles. The largest absolute Gasteiger partial charge is 0.458 e. The number of benzene rings is 1. The molecule has 1 aromatic rings. The van der Waals surface area contributed by atoms with Crippen LogP contribution in [0.15, 0.2) is 77.4 Å². The minimum absolute atomic E-state index is 0.202. The van der Waals surface area contributed by atoms with Gasteiger partial charge in [0.1, 0.15) is 12.2 Å². The predicted molar refractivity (Wildman–Crippen MR) is 138 cm³/mol. The average molecular weight is 533 g/mol. The summed E-state index contributed by atoms with van der Waals surface area (Å²) in [5.74, 6) is -2.19. The highest BCUT2D eigenvalue weighted by molar-refractivity contribution is 5.90. The van der Waals surface area contributed by atoms with E-state index in [0.717, 1.165) is 36.7 Å². The second kappa shape index (κ2) is 12.2. The molecule has 1 fully saturated rings. The van der Waals surface area contributed by atoms with Gasteiger partial charge in [-0.2, -0.15) is 13.2 Å². The van der Waals surface area contributed by atoms with Gasteiger partial charge in [0.25, 0.3) is 5.60 Å². The summed E-state index contributed by atoms with van der Waals surface area (Å²) in [7, 11) is 0.846. The van der Waals surface area contributed by atoms with Crippen molar-refractivity contribution in [3.05, 3.63) is 83.0 Å². The molecule has 1 saturated heterocycles. The molecule has 5 nitrogen and oxygen atoms in total. The summed E-state index contributed by atoms with van der Waals surface area (Å²) in [4.78, 5) is 25.5. The van der Waals surface area contributed by atoms with Gasteiger partial charge in [-0.25, -0.2) is 9.59 Å². The van der Waals surface area contributed by atoms with E-state index in [-0.39, 0.29) is 17.9 Å². The molecule has 8 heteroatoms. The zero-order valence-corrected chi connectivity index (χ0v) is 22.3. The first kappa shape index (κ1) is 29.4. The van der Waals surface area contributed by atoms with E-state index >= 15 is 0 Å². The molecule has 1 heterocycles. The molecule has 0 spiro atoms. The van der Waals surface area contributed by atoms with Crippen LogP contribution in [-0.4, -0.2) is 37.4 Å². The van der Waals surface area contributed by atoms with E-state index in [1.165, 1.54) is 24.3 Å². The lowest BCUT2D eigenvalue weighted by Gasteiger charge is -2.33. The highest BCUT2D eigenvalue weighted by Crippen LogP contribution is 2.43. The Morgan fingerprint density at radius 2 is 1.71 bits per heavy atom. The number of hydrogen-bond acceptors (Lipinski definition) is 5. The van der Waals surface area contributed by atoms with Gasteiger partial charge in [0, 0.05) is 37.0 Å². The van der Waals surface area contributed by atoms with E-state index < -0.39 is 35.9 Å². The molecule has 0 unspecified atom stereocenters. The topological polar surface area (TPSA) is 61.8 Å². The van der Waals surface area contributed by atoms with Gasteiger partial charge in [-0.3, -0.25) is 0 Å². The number of ether oxygens (including phenoxy) is 3. The van der Waals surface area contributed by atoms with Crippen molar-refractivity contribution in [3.63, 3.8) is 0 Å². The molecule has 1 aliphatic carbocycles. The maximum Gasteiger partial charge on any atom is 0.432 e. The SMILES string of the molecule is C=C1C(=O)O[C@H]2C/C(C)=C/[C@@H](OC(=O)[C@](OC)(c3ccccc3)C(F)(F)F)C/C(C)=C/CC/C(C)=C/C[C@H]12. The van der Waals surface area contributed by atoms with Gasteiger partial charge in [0.2, 0.25) is 0 Å². The number of rotatable bonds is 4. The van der Waals surface area contributed by atoms with Gasteiger partial charge in [0.05, 0.1) is 0 Å². The zero-order chi connectivity index (χ0) is 28.1. The van der Waals surface area contributed by atoms with Gasteiger partial charge >= 0.3 is 18.1 Å². The van der Waals surface area contributed by atoms with Crippen molar-refractivity contribution in [1.82, 2.24) is 0 Å². The lowest BCUT2D eigenvalue weighted by molar-refractivity contribution is -0.277. The van der Waals surface area contributed by atoms with Crippen molar-refractivity contribution in [3.8, 4) is 0 Å². The molecule has 206 valence electrons. The number of hydrogen-bond donors (Lipinski definition) is 0. The van der Waals surface area contributed by atoms with Crippen LogP contribution < -0.4 is 0 Å².